The van der Waals surface area contributed by atoms with E-state index in [0.717, 1.165) is 10.0 Å². The average Bonchev–Trinajstić information content (AvgIpc) is 3.17. The Morgan fingerprint density at radius 1 is 1.24 bits per heavy atom. The van der Waals surface area contributed by atoms with Crippen molar-refractivity contribution in [3.8, 4) is 11.5 Å². The predicted molar refractivity (Wildman–Crippen MR) is 83.3 cm³/mol. The van der Waals surface area contributed by atoms with E-state index >= 15 is 0 Å². The molecule has 106 valence electrons. The van der Waals surface area contributed by atoms with Crippen molar-refractivity contribution >= 4 is 33.5 Å². The van der Waals surface area contributed by atoms with E-state index in [1.165, 1.54) is 11.8 Å². The Labute approximate surface area is 133 Å². The molecule has 0 fully saturated rings. The monoisotopic (exact) mass is 363 g/mol. The van der Waals surface area contributed by atoms with E-state index in [1.54, 1.807) is 18.3 Å². The van der Waals surface area contributed by atoms with Crippen molar-refractivity contribution in [2.75, 3.05) is 5.75 Å². The Hall–Kier alpha value is -1.86. The lowest BCUT2D eigenvalue weighted by molar-refractivity contribution is 0.101. The van der Waals surface area contributed by atoms with Crippen LogP contribution in [0.3, 0.4) is 0 Å². The standard InChI is InChI=1S/C14H10BrN3O2S/c15-10-5-2-1-4-9(10)13-17-18-14(20-13)21-8-12(19)11-6-3-7-16-11/h1-7,16H,8H2. The zero-order valence-electron chi connectivity index (χ0n) is 10.7. The van der Waals surface area contributed by atoms with E-state index in [4.69, 9.17) is 4.42 Å². The number of carbonyl (C=O) groups is 1. The molecule has 2 aromatic heterocycles. The maximum Gasteiger partial charge on any atom is 0.277 e. The highest BCUT2D eigenvalue weighted by molar-refractivity contribution is 9.10. The summed E-state index contributed by atoms with van der Waals surface area (Å²) < 4.78 is 6.45. The molecule has 0 aliphatic heterocycles. The van der Waals surface area contributed by atoms with Crippen LogP contribution in [0.4, 0.5) is 0 Å². The lowest BCUT2D eigenvalue weighted by Gasteiger charge is -1.97. The molecule has 3 aromatic rings. The van der Waals surface area contributed by atoms with Gasteiger partial charge in [-0.3, -0.25) is 4.79 Å². The molecule has 3 rings (SSSR count). The Morgan fingerprint density at radius 3 is 2.86 bits per heavy atom. The third-order valence-electron chi connectivity index (χ3n) is 2.74. The van der Waals surface area contributed by atoms with Crippen molar-refractivity contribution in [1.29, 1.82) is 0 Å². The number of halogens is 1. The van der Waals surface area contributed by atoms with Crippen molar-refractivity contribution < 1.29 is 9.21 Å². The van der Waals surface area contributed by atoms with Crippen LogP contribution in [0, 0.1) is 0 Å². The van der Waals surface area contributed by atoms with E-state index in [2.05, 4.69) is 31.1 Å². The Balaban J connectivity index is 1.69. The van der Waals surface area contributed by atoms with Crippen LogP contribution in [0.5, 0.6) is 0 Å². The molecule has 0 spiro atoms. The number of Topliss-reactive ketones (excluding diaryl/α,β-unsaturated/α-hetero) is 1. The quantitative estimate of drug-likeness (QED) is 0.551. The van der Waals surface area contributed by atoms with Gasteiger partial charge in [-0.2, -0.15) is 0 Å². The number of rotatable bonds is 5. The lowest BCUT2D eigenvalue weighted by atomic mass is 10.2. The largest absolute Gasteiger partial charge is 0.411 e. The molecule has 0 radical (unpaired) electrons. The van der Waals surface area contributed by atoms with Gasteiger partial charge < -0.3 is 9.40 Å². The van der Waals surface area contributed by atoms with Gasteiger partial charge in [0.1, 0.15) is 0 Å². The molecular formula is C14H10BrN3O2S. The second kappa shape index (κ2) is 6.28. The van der Waals surface area contributed by atoms with Gasteiger partial charge >= 0.3 is 0 Å². The number of ketones is 1. The van der Waals surface area contributed by atoms with Gasteiger partial charge in [0.25, 0.3) is 5.22 Å². The van der Waals surface area contributed by atoms with Crippen molar-refractivity contribution in [3.05, 3.63) is 52.8 Å². The van der Waals surface area contributed by atoms with Crippen LogP contribution in [0.2, 0.25) is 0 Å². The molecule has 1 N–H and O–H groups in total. The van der Waals surface area contributed by atoms with Crippen LogP contribution in [0.25, 0.3) is 11.5 Å². The third-order valence-corrected chi connectivity index (χ3v) is 4.25. The number of hydrogen-bond acceptors (Lipinski definition) is 5. The molecular weight excluding hydrogens is 354 g/mol. The third kappa shape index (κ3) is 3.25. The van der Waals surface area contributed by atoms with Gasteiger partial charge in [-0.05, 0) is 40.2 Å². The number of aromatic nitrogens is 3. The normalized spacial score (nSPS) is 10.7. The molecule has 0 aliphatic carbocycles. The second-order valence-electron chi connectivity index (χ2n) is 4.15. The summed E-state index contributed by atoms with van der Waals surface area (Å²) in [6.45, 7) is 0. The highest BCUT2D eigenvalue weighted by Crippen LogP contribution is 2.29. The SMILES string of the molecule is O=C(CSc1nnc(-c2ccccc2Br)o1)c1ccc[nH]1. The number of aromatic amines is 1. The molecule has 1 aromatic carbocycles. The summed E-state index contributed by atoms with van der Waals surface area (Å²) in [5.41, 5.74) is 1.40. The average molecular weight is 364 g/mol. The van der Waals surface area contributed by atoms with E-state index in [-0.39, 0.29) is 11.5 Å². The first-order chi connectivity index (χ1) is 10.2. The van der Waals surface area contributed by atoms with Crippen molar-refractivity contribution in [2.24, 2.45) is 0 Å². The second-order valence-corrected chi connectivity index (χ2v) is 5.93. The zero-order valence-corrected chi connectivity index (χ0v) is 13.1. The van der Waals surface area contributed by atoms with Crippen LogP contribution >= 0.6 is 27.7 Å². The summed E-state index contributed by atoms with van der Waals surface area (Å²) in [5.74, 6) is 0.668. The summed E-state index contributed by atoms with van der Waals surface area (Å²) in [6, 6.07) is 11.1. The van der Waals surface area contributed by atoms with E-state index < -0.39 is 0 Å². The number of nitrogens with one attached hydrogen (secondary N) is 1. The molecule has 7 heteroatoms. The number of carbonyl (C=O) groups excluding carboxylic acids is 1. The van der Waals surface area contributed by atoms with Gasteiger partial charge in [0.05, 0.1) is 17.0 Å². The maximum atomic E-state index is 11.9. The molecule has 0 atom stereocenters. The van der Waals surface area contributed by atoms with Crippen LogP contribution < -0.4 is 0 Å². The minimum atomic E-state index is -0.00867. The van der Waals surface area contributed by atoms with Gasteiger partial charge in [-0.15, -0.1) is 10.2 Å². The fraction of sp³-hybridized carbons (Fsp3) is 0.0714. The number of thioether (sulfide) groups is 1. The van der Waals surface area contributed by atoms with Crippen LogP contribution in [0.15, 0.2) is 56.7 Å². The van der Waals surface area contributed by atoms with E-state index in [1.807, 2.05) is 24.3 Å². The lowest BCUT2D eigenvalue weighted by Crippen LogP contribution is -2.02. The van der Waals surface area contributed by atoms with E-state index in [9.17, 15) is 4.79 Å². The Bertz CT molecular complexity index is 755. The Morgan fingerprint density at radius 2 is 2.10 bits per heavy atom. The summed E-state index contributed by atoms with van der Waals surface area (Å²) in [6.07, 6.45) is 1.72. The molecule has 0 aliphatic rings. The molecule has 0 unspecified atom stereocenters. The Kier molecular flexibility index (Phi) is 4.21. The van der Waals surface area contributed by atoms with Crippen molar-refractivity contribution in [2.45, 2.75) is 5.22 Å². The number of hydrogen-bond donors (Lipinski definition) is 1. The number of H-pyrrole nitrogens is 1. The smallest absolute Gasteiger partial charge is 0.277 e. The summed E-state index contributed by atoms with van der Waals surface area (Å²) >= 11 is 4.66. The first-order valence-electron chi connectivity index (χ1n) is 6.12. The number of nitrogens with zero attached hydrogens (tertiary/aromatic N) is 2. The van der Waals surface area contributed by atoms with Gasteiger partial charge in [0, 0.05) is 10.7 Å². The van der Waals surface area contributed by atoms with E-state index in [0.29, 0.717) is 16.8 Å². The van der Waals surface area contributed by atoms with Crippen LogP contribution in [0.1, 0.15) is 10.5 Å². The van der Waals surface area contributed by atoms with Gasteiger partial charge in [-0.1, -0.05) is 23.9 Å². The summed E-state index contributed by atoms with van der Waals surface area (Å²) in [4.78, 5) is 14.7. The van der Waals surface area contributed by atoms with Gasteiger partial charge in [0.2, 0.25) is 5.89 Å². The highest BCUT2D eigenvalue weighted by atomic mass is 79.9. The van der Waals surface area contributed by atoms with Crippen molar-refractivity contribution in [3.63, 3.8) is 0 Å². The minimum Gasteiger partial charge on any atom is -0.411 e. The molecule has 21 heavy (non-hydrogen) atoms. The molecule has 0 saturated carbocycles. The first-order valence-corrected chi connectivity index (χ1v) is 7.89. The predicted octanol–water partition coefficient (Wildman–Crippen LogP) is 3.80. The van der Waals surface area contributed by atoms with Crippen LogP contribution in [-0.4, -0.2) is 26.7 Å². The molecule has 0 bridgehead atoms. The fourth-order valence-electron chi connectivity index (χ4n) is 1.72. The van der Waals surface area contributed by atoms with Gasteiger partial charge in [0.15, 0.2) is 5.78 Å². The van der Waals surface area contributed by atoms with Crippen LogP contribution in [-0.2, 0) is 0 Å². The first kappa shape index (κ1) is 14.1. The van der Waals surface area contributed by atoms with Crippen molar-refractivity contribution in [1.82, 2.24) is 15.2 Å². The molecule has 2 heterocycles. The topological polar surface area (TPSA) is 71.8 Å². The summed E-state index contributed by atoms with van der Waals surface area (Å²) in [5, 5.41) is 8.33. The molecule has 0 amide bonds. The molecule has 0 saturated heterocycles. The highest BCUT2D eigenvalue weighted by Gasteiger charge is 2.14. The number of benzene rings is 1. The minimum absolute atomic E-state index is 0.00867. The zero-order chi connectivity index (χ0) is 14.7. The van der Waals surface area contributed by atoms with Gasteiger partial charge in [-0.25, -0.2) is 0 Å². The summed E-state index contributed by atoms with van der Waals surface area (Å²) in [7, 11) is 0. The molecule has 5 nitrogen and oxygen atoms in total. The maximum absolute atomic E-state index is 11.9. The fourth-order valence-corrected chi connectivity index (χ4v) is 2.82.